The first-order valence-corrected chi connectivity index (χ1v) is 8.59. The fourth-order valence-electron chi connectivity index (χ4n) is 1.80. The van der Waals surface area contributed by atoms with Gasteiger partial charge in [-0.1, -0.05) is 45.4 Å². The molecule has 112 valence electrons. The second-order valence-electron chi connectivity index (χ2n) is 4.48. The maximum absolute atomic E-state index is 5.93. The van der Waals surface area contributed by atoms with Crippen LogP contribution >= 0.6 is 39.3 Å². The van der Waals surface area contributed by atoms with E-state index in [0.29, 0.717) is 0 Å². The molecular weight excluding hydrogens is 370 g/mol. The highest BCUT2D eigenvalue weighted by Crippen LogP contribution is 2.33. The topological polar surface area (TPSA) is 21.3 Å². The van der Waals surface area contributed by atoms with Gasteiger partial charge in [0, 0.05) is 39.5 Å². The van der Waals surface area contributed by atoms with Crippen LogP contribution in [0, 0.1) is 0 Å². The molecule has 0 amide bonds. The number of halogens is 2. The Morgan fingerprint density at radius 1 is 1.19 bits per heavy atom. The van der Waals surface area contributed by atoms with Crippen LogP contribution in [0.3, 0.4) is 0 Å². The van der Waals surface area contributed by atoms with E-state index in [2.05, 4.69) is 39.4 Å². The average Bonchev–Trinajstić information content (AvgIpc) is 2.48. The number of hydrogen-bond acceptors (Lipinski definition) is 3. The third-order valence-electron chi connectivity index (χ3n) is 2.87. The number of rotatable bonds is 7. The van der Waals surface area contributed by atoms with Crippen molar-refractivity contribution in [3.8, 4) is 0 Å². The summed E-state index contributed by atoms with van der Waals surface area (Å²) in [4.78, 5) is 2.41. The summed E-state index contributed by atoms with van der Waals surface area (Å²) in [5, 5.41) is 4.14. The van der Waals surface area contributed by atoms with E-state index in [-0.39, 0.29) is 0 Å². The van der Waals surface area contributed by atoms with Crippen LogP contribution in [0.2, 0.25) is 5.02 Å². The second kappa shape index (κ2) is 8.81. The van der Waals surface area contributed by atoms with Crippen molar-refractivity contribution in [1.29, 1.82) is 0 Å². The normalized spacial score (nSPS) is 10.8. The lowest BCUT2D eigenvalue weighted by molar-refractivity contribution is 0.199. The molecule has 0 saturated heterocycles. The third kappa shape index (κ3) is 5.64. The van der Waals surface area contributed by atoms with Gasteiger partial charge in [-0.15, -0.1) is 0 Å². The van der Waals surface area contributed by atoms with Crippen LogP contribution in [-0.2, 0) is 11.3 Å². The quantitative estimate of drug-likeness (QED) is 0.677. The Morgan fingerprint density at radius 2 is 1.95 bits per heavy atom. The van der Waals surface area contributed by atoms with Crippen molar-refractivity contribution in [3.05, 3.63) is 57.5 Å². The van der Waals surface area contributed by atoms with Crippen molar-refractivity contribution in [2.75, 3.05) is 20.3 Å². The standard InChI is InChI=1S/C16H17BrClNOS/c1-20-9-8-19-11-12-2-3-13(17)10-16(12)21-15-6-4-14(18)5-7-15/h2-7,10,19H,8-9,11H2,1H3. The summed E-state index contributed by atoms with van der Waals surface area (Å²) < 4.78 is 6.13. The molecule has 0 aliphatic heterocycles. The smallest absolute Gasteiger partial charge is 0.0587 e. The molecule has 0 aromatic heterocycles. The van der Waals surface area contributed by atoms with Gasteiger partial charge in [0.2, 0.25) is 0 Å². The molecule has 0 unspecified atom stereocenters. The van der Waals surface area contributed by atoms with E-state index in [4.69, 9.17) is 16.3 Å². The van der Waals surface area contributed by atoms with E-state index in [0.717, 1.165) is 29.2 Å². The SMILES string of the molecule is COCCNCc1ccc(Br)cc1Sc1ccc(Cl)cc1. The van der Waals surface area contributed by atoms with Gasteiger partial charge in [-0.25, -0.2) is 0 Å². The highest BCUT2D eigenvalue weighted by atomic mass is 79.9. The molecule has 0 bridgehead atoms. The van der Waals surface area contributed by atoms with E-state index in [1.54, 1.807) is 18.9 Å². The molecule has 1 N–H and O–H groups in total. The van der Waals surface area contributed by atoms with E-state index in [1.807, 2.05) is 24.3 Å². The summed E-state index contributed by atoms with van der Waals surface area (Å²) >= 11 is 11.2. The van der Waals surface area contributed by atoms with E-state index in [9.17, 15) is 0 Å². The molecule has 0 saturated carbocycles. The van der Waals surface area contributed by atoms with Crippen molar-refractivity contribution in [2.24, 2.45) is 0 Å². The largest absolute Gasteiger partial charge is 0.383 e. The van der Waals surface area contributed by atoms with Crippen molar-refractivity contribution >= 4 is 39.3 Å². The Kier molecular flexibility index (Phi) is 7.07. The van der Waals surface area contributed by atoms with Crippen LogP contribution in [0.4, 0.5) is 0 Å². The second-order valence-corrected chi connectivity index (χ2v) is 6.95. The first-order chi connectivity index (χ1) is 10.2. The fraction of sp³-hybridized carbons (Fsp3) is 0.250. The summed E-state index contributed by atoms with van der Waals surface area (Å²) in [7, 11) is 1.71. The van der Waals surface area contributed by atoms with Crippen LogP contribution in [-0.4, -0.2) is 20.3 Å². The lowest BCUT2D eigenvalue weighted by Crippen LogP contribution is -2.18. The van der Waals surface area contributed by atoms with Crippen molar-refractivity contribution in [1.82, 2.24) is 5.32 Å². The van der Waals surface area contributed by atoms with Gasteiger partial charge in [-0.3, -0.25) is 0 Å². The summed E-state index contributed by atoms with van der Waals surface area (Å²) in [5.41, 5.74) is 1.27. The zero-order valence-corrected chi connectivity index (χ0v) is 14.9. The molecule has 0 radical (unpaired) electrons. The van der Waals surface area contributed by atoms with Crippen LogP contribution in [0.15, 0.2) is 56.7 Å². The Bertz CT molecular complexity index is 577. The van der Waals surface area contributed by atoms with Gasteiger partial charge < -0.3 is 10.1 Å². The van der Waals surface area contributed by atoms with Gasteiger partial charge in [0.1, 0.15) is 0 Å². The summed E-state index contributed by atoms with van der Waals surface area (Å²) in [5.74, 6) is 0. The Balaban J connectivity index is 2.09. The summed E-state index contributed by atoms with van der Waals surface area (Å²) in [6.45, 7) is 2.39. The van der Waals surface area contributed by atoms with Gasteiger partial charge in [-0.05, 0) is 42.0 Å². The molecule has 0 fully saturated rings. The van der Waals surface area contributed by atoms with Gasteiger partial charge in [0.15, 0.2) is 0 Å². The predicted molar refractivity (Wildman–Crippen MR) is 93.3 cm³/mol. The highest BCUT2D eigenvalue weighted by Gasteiger charge is 2.06. The Labute approximate surface area is 143 Å². The van der Waals surface area contributed by atoms with Crippen LogP contribution < -0.4 is 5.32 Å². The molecule has 2 aromatic carbocycles. The molecule has 2 aromatic rings. The number of benzene rings is 2. The molecular formula is C16H17BrClNOS. The number of nitrogens with one attached hydrogen (secondary N) is 1. The van der Waals surface area contributed by atoms with Gasteiger partial charge in [0.05, 0.1) is 6.61 Å². The van der Waals surface area contributed by atoms with Gasteiger partial charge in [-0.2, -0.15) is 0 Å². The zero-order valence-electron chi connectivity index (χ0n) is 11.7. The fourth-order valence-corrected chi connectivity index (χ4v) is 3.42. The lowest BCUT2D eigenvalue weighted by Gasteiger charge is -2.11. The van der Waals surface area contributed by atoms with Gasteiger partial charge >= 0.3 is 0 Å². The maximum atomic E-state index is 5.93. The number of ether oxygens (including phenoxy) is 1. The molecule has 0 aliphatic rings. The summed E-state index contributed by atoms with van der Waals surface area (Å²) in [6, 6.07) is 14.3. The van der Waals surface area contributed by atoms with E-state index in [1.165, 1.54) is 15.4 Å². The highest BCUT2D eigenvalue weighted by molar-refractivity contribution is 9.10. The molecule has 0 atom stereocenters. The Hall–Kier alpha value is -0.520. The number of hydrogen-bond donors (Lipinski definition) is 1. The molecule has 0 heterocycles. The van der Waals surface area contributed by atoms with Crippen LogP contribution in [0.1, 0.15) is 5.56 Å². The first kappa shape index (κ1) is 16.8. The molecule has 0 spiro atoms. The van der Waals surface area contributed by atoms with Crippen LogP contribution in [0.25, 0.3) is 0 Å². The minimum absolute atomic E-state index is 0.718. The third-order valence-corrected chi connectivity index (χ3v) is 4.72. The van der Waals surface area contributed by atoms with Crippen molar-refractivity contribution < 1.29 is 4.74 Å². The zero-order chi connectivity index (χ0) is 15.1. The van der Waals surface area contributed by atoms with Crippen molar-refractivity contribution in [3.63, 3.8) is 0 Å². The minimum atomic E-state index is 0.718. The molecule has 2 nitrogen and oxygen atoms in total. The molecule has 21 heavy (non-hydrogen) atoms. The average molecular weight is 387 g/mol. The first-order valence-electron chi connectivity index (χ1n) is 6.60. The van der Waals surface area contributed by atoms with Crippen LogP contribution in [0.5, 0.6) is 0 Å². The van der Waals surface area contributed by atoms with Gasteiger partial charge in [0.25, 0.3) is 0 Å². The summed E-state index contributed by atoms with van der Waals surface area (Å²) in [6.07, 6.45) is 0. The van der Waals surface area contributed by atoms with E-state index >= 15 is 0 Å². The van der Waals surface area contributed by atoms with Crippen molar-refractivity contribution in [2.45, 2.75) is 16.3 Å². The predicted octanol–water partition coefficient (Wildman–Crippen LogP) is 4.99. The Morgan fingerprint density at radius 3 is 2.67 bits per heavy atom. The monoisotopic (exact) mass is 385 g/mol. The van der Waals surface area contributed by atoms with E-state index < -0.39 is 0 Å². The molecule has 2 rings (SSSR count). The maximum Gasteiger partial charge on any atom is 0.0587 e. The minimum Gasteiger partial charge on any atom is -0.383 e. The molecule has 0 aliphatic carbocycles. The lowest BCUT2D eigenvalue weighted by atomic mass is 10.2. The number of methoxy groups -OCH3 is 1. The molecule has 5 heteroatoms.